The number of aryl methyl sites for hydroxylation is 1. The highest BCUT2D eigenvalue weighted by atomic mass is 32.1. The second-order valence-corrected chi connectivity index (χ2v) is 7.06. The second kappa shape index (κ2) is 6.07. The zero-order valence-electron chi connectivity index (χ0n) is 12.8. The summed E-state index contributed by atoms with van der Waals surface area (Å²) in [6, 6.07) is 7.74. The van der Waals surface area contributed by atoms with Crippen molar-refractivity contribution in [2.24, 2.45) is 5.92 Å². The van der Waals surface area contributed by atoms with Crippen molar-refractivity contribution in [2.45, 2.75) is 13.3 Å². The molecular formula is C17H19N3OS. The van der Waals surface area contributed by atoms with Crippen molar-refractivity contribution in [1.82, 2.24) is 10.2 Å². The maximum absolute atomic E-state index is 12.4. The van der Waals surface area contributed by atoms with Gasteiger partial charge in [-0.25, -0.2) is 0 Å². The average Bonchev–Trinajstić information content (AvgIpc) is 3.08. The van der Waals surface area contributed by atoms with E-state index in [1.807, 2.05) is 19.1 Å². The molecule has 1 aromatic carbocycles. The zero-order chi connectivity index (χ0) is 15.7. The molecule has 1 fully saturated rings. The van der Waals surface area contributed by atoms with Gasteiger partial charge in [0.15, 0.2) is 0 Å². The van der Waals surface area contributed by atoms with Crippen LogP contribution in [0, 0.1) is 24.2 Å². The van der Waals surface area contributed by atoms with Gasteiger partial charge in [-0.2, -0.15) is 5.26 Å². The molecule has 1 saturated heterocycles. The standard InChI is InChI=1S/C17H19N3OS/c1-11-14-7-12(8-18)3-4-15(14)22-16(11)17(21)19-9-13-5-6-20(2)10-13/h3-4,7,13H,5-6,9-10H2,1-2H3,(H,19,21). The maximum atomic E-state index is 12.4. The number of fused-ring (bicyclic) bond motifs is 1. The molecule has 1 aliphatic rings. The van der Waals surface area contributed by atoms with Gasteiger partial charge in [-0.15, -0.1) is 11.3 Å². The molecule has 1 unspecified atom stereocenters. The van der Waals surface area contributed by atoms with Gasteiger partial charge in [0.25, 0.3) is 5.91 Å². The van der Waals surface area contributed by atoms with E-state index in [0.29, 0.717) is 11.5 Å². The third-order valence-electron chi connectivity index (χ3n) is 4.31. The summed E-state index contributed by atoms with van der Waals surface area (Å²) in [6.45, 7) is 4.86. The number of nitrogens with zero attached hydrogens (tertiary/aromatic N) is 2. The summed E-state index contributed by atoms with van der Waals surface area (Å²) in [6.07, 6.45) is 1.15. The van der Waals surface area contributed by atoms with Crippen LogP contribution in [0.4, 0.5) is 0 Å². The lowest BCUT2D eigenvalue weighted by Crippen LogP contribution is -2.30. The Morgan fingerprint density at radius 2 is 2.36 bits per heavy atom. The number of carbonyl (C=O) groups is 1. The summed E-state index contributed by atoms with van der Waals surface area (Å²) in [5.41, 5.74) is 1.60. The number of carbonyl (C=O) groups excluding carboxylic acids is 1. The SMILES string of the molecule is Cc1c(C(=O)NCC2CCN(C)C2)sc2ccc(C#N)cc12. The Kier molecular flexibility index (Phi) is 4.14. The minimum atomic E-state index is 0.00626. The summed E-state index contributed by atoms with van der Waals surface area (Å²) in [5, 5.41) is 13.1. The van der Waals surface area contributed by atoms with Crippen LogP contribution in [0.25, 0.3) is 10.1 Å². The van der Waals surface area contributed by atoms with E-state index in [0.717, 1.165) is 46.6 Å². The highest BCUT2D eigenvalue weighted by molar-refractivity contribution is 7.21. The molecule has 1 atom stereocenters. The first-order valence-corrected chi connectivity index (χ1v) is 8.30. The smallest absolute Gasteiger partial charge is 0.261 e. The first kappa shape index (κ1) is 15.0. The quantitative estimate of drug-likeness (QED) is 0.948. The fourth-order valence-corrected chi connectivity index (χ4v) is 4.12. The summed E-state index contributed by atoms with van der Waals surface area (Å²) in [4.78, 5) is 15.5. The van der Waals surface area contributed by atoms with Gasteiger partial charge in [0.1, 0.15) is 0 Å². The summed E-state index contributed by atoms with van der Waals surface area (Å²) in [7, 11) is 2.12. The fourth-order valence-electron chi connectivity index (χ4n) is 3.02. The zero-order valence-corrected chi connectivity index (χ0v) is 13.7. The minimum Gasteiger partial charge on any atom is -0.351 e. The van der Waals surface area contributed by atoms with Gasteiger partial charge in [0.05, 0.1) is 16.5 Å². The first-order valence-electron chi connectivity index (χ1n) is 7.48. The van der Waals surface area contributed by atoms with Crippen LogP contribution in [-0.2, 0) is 0 Å². The summed E-state index contributed by atoms with van der Waals surface area (Å²) >= 11 is 1.50. The van der Waals surface area contributed by atoms with Crippen LogP contribution in [0.15, 0.2) is 18.2 Å². The number of amides is 1. The molecule has 5 heteroatoms. The average molecular weight is 313 g/mol. The highest BCUT2D eigenvalue weighted by Gasteiger charge is 2.21. The maximum Gasteiger partial charge on any atom is 0.261 e. The Hall–Kier alpha value is -1.90. The summed E-state index contributed by atoms with van der Waals surface area (Å²) in [5.74, 6) is 0.556. The molecule has 0 radical (unpaired) electrons. The van der Waals surface area contributed by atoms with Crippen molar-refractivity contribution < 1.29 is 4.79 Å². The largest absolute Gasteiger partial charge is 0.351 e. The van der Waals surface area contributed by atoms with E-state index in [4.69, 9.17) is 5.26 Å². The molecule has 2 aromatic rings. The van der Waals surface area contributed by atoms with Crippen LogP contribution in [-0.4, -0.2) is 37.5 Å². The fraction of sp³-hybridized carbons (Fsp3) is 0.412. The van der Waals surface area contributed by atoms with E-state index < -0.39 is 0 Å². The van der Waals surface area contributed by atoms with Crippen molar-refractivity contribution in [3.63, 3.8) is 0 Å². The molecule has 1 amide bonds. The van der Waals surface area contributed by atoms with E-state index in [1.54, 1.807) is 6.07 Å². The molecule has 1 aromatic heterocycles. The molecule has 22 heavy (non-hydrogen) atoms. The number of benzene rings is 1. The van der Waals surface area contributed by atoms with Gasteiger partial charge >= 0.3 is 0 Å². The number of hydrogen-bond donors (Lipinski definition) is 1. The van der Waals surface area contributed by atoms with Crippen LogP contribution in [0.1, 0.15) is 27.2 Å². The molecule has 4 nitrogen and oxygen atoms in total. The third kappa shape index (κ3) is 2.85. The molecular weight excluding hydrogens is 294 g/mol. The molecule has 0 aliphatic carbocycles. The minimum absolute atomic E-state index is 0.00626. The molecule has 114 valence electrons. The van der Waals surface area contributed by atoms with Crippen LogP contribution >= 0.6 is 11.3 Å². The highest BCUT2D eigenvalue weighted by Crippen LogP contribution is 2.31. The summed E-state index contributed by atoms with van der Waals surface area (Å²) < 4.78 is 1.06. The number of rotatable bonds is 3. The Bertz CT molecular complexity index is 759. The molecule has 0 saturated carbocycles. The van der Waals surface area contributed by atoms with Gasteiger partial charge in [0.2, 0.25) is 0 Å². The van der Waals surface area contributed by atoms with E-state index >= 15 is 0 Å². The lowest BCUT2D eigenvalue weighted by molar-refractivity contribution is 0.0951. The molecule has 0 bridgehead atoms. The lowest BCUT2D eigenvalue weighted by atomic mass is 10.1. The predicted molar refractivity (Wildman–Crippen MR) is 89.2 cm³/mol. The number of likely N-dealkylation sites (tertiary alicyclic amines) is 1. The molecule has 0 spiro atoms. The van der Waals surface area contributed by atoms with Crippen LogP contribution in [0.3, 0.4) is 0 Å². The molecule has 1 N–H and O–H groups in total. The van der Waals surface area contributed by atoms with Gasteiger partial charge in [-0.3, -0.25) is 4.79 Å². The third-order valence-corrected chi connectivity index (χ3v) is 5.58. The Labute approximate surface area is 134 Å². The first-order chi connectivity index (χ1) is 10.6. The van der Waals surface area contributed by atoms with Crippen molar-refractivity contribution >= 4 is 27.3 Å². The number of nitriles is 1. The van der Waals surface area contributed by atoms with E-state index in [9.17, 15) is 4.79 Å². The van der Waals surface area contributed by atoms with Crippen LogP contribution in [0.2, 0.25) is 0 Å². The topological polar surface area (TPSA) is 56.1 Å². The Morgan fingerprint density at radius 3 is 3.05 bits per heavy atom. The van der Waals surface area contributed by atoms with Crippen LogP contribution in [0.5, 0.6) is 0 Å². The van der Waals surface area contributed by atoms with E-state index in [1.165, 1.54) is 11.3 Å². The predicted octanol–water partition coefficient (Wildman–Crippen LogP) is 2.76. The molecule has 3 rings (SSSR count). The van der Waals surface area contributed by atoms with Gasteiger partial charge < -0.3 is 10.2 Å². The van der Waals surface area contributed by atoms with Crippen molar-refractivity contribution in [3.05, 3.63) is 34.2 Å². The molecule has 1 aliphatic heterocycles. The van der Waals surface area contributed by atoms with Crippen molar-refractivity contribution in [2.75, 3.05) is 26.7 Å². The number of hydrogen-bond acceptors (Lipinski definition) is 4. The van der Waals surface area contributed by atoms with Gasteiger partial charge in [0, 0.05) is 17.8 Å². The Balaban J connectivity index is 1.76. The lowest BCUT2D eigenvalue weighted by Gasteiger charge is -2.11. The van der Waals surface area contributed by atoms with Crippen molar-refractivity contribution in [1.29, 1.82) is 5.26 Å². The van der Waals surface area contributed by atoms with Gasteiger partial charge in [-0.05, 0) is 62.0 Å². The number of thiophene rings is 1. The van der Waals surface area contributed by atoms with E-state index in [2.05, 4.69) is 23.3 Å². The number of nitrogens with one attached hydrogen (secondary N) is 1. The normalized spacial score (nSPS) is 18.5. The molecule has 2 heterocycles. The van der Waals surface area contributed by atoms with Gasteiger partial charge in [-0.1, -0.05) is 0 Å². The van der Waals surface area contributed by atoms with E-state index in [-0.39, 0.29) is 5.91 Å². The van der Waals surface area contributed by atoms with Crippen molar-refractivity contribution in [3.8, 4) is 6.07 Å². The van der Waals surface area contributed by atoms with Crippen LogP contribution < -0.4 is 5.32 Å². The second-order valence-electron chi connectivity index (χ2n) is 6.01. The Morgan fingerprint density at radius 1 is 1.55 bits per heavy atom. The monoisotopic (exact) mass is 313 g/mol.